The molecule has 1 atom stereocenters. The maximum absolute atomic E-state index is 11.9. The van der Waals surface area contributed by atoms with Gasteiger partial charge in [-0.25, -0.2) is 0 Å². The molecule has 1 fully saturated rings. The first kappa shape index (κ1) is 16.3. The minimum Gasteiger partial charge on any atom is -0.465 e. The third kappa shape index (κ3) is 4.20. The fourth-order valence-corrected chi connectivity index (χ4v) is 3.19. The first-order valence-corrected chi connectivity index (χ1v) is 7.90. The zero-order chi connectivity index (χ0) is 15.9. The molecule has 1 N–H and O–H groups in total. The summed E-state index contributed by atoms with van der Waals surface area (Å²) >= 11 is 1.45. The molecule has 1 aromatic heterocycles. The van der Waals surface area contributed by atoms with Gasteiger partial charge in [-0.15, -0.1) is 11.8 Å². The molecule has 1 aliphatic rings. The third-order valence-electron chi connectivity index (χ3n) is 2.99. The smallest absolute Gasteiger partial charge is 0.325 e. The third-order valence-corrected chi connectivity index (χ3v) is 4.24. The highest BCUT2D eigenvalue weighted by Gasteiger charge is 2.34. The fourth-order valence-electron chi connectivity index (χ4n) is 2.02. The van der Waals surface area contributed by atoms with Crippen LogP contribution in [0.2, 0.25) is 0 Å². The van der Waals surface area contributed by atoms with Crippen LogP contribution in [-0.4, -0.2) is 53.1 Å². The van der Waals surface area contributed by atoms with Gasteiger partial charge < -0.3 is 15.0 Å². The van der Waals surface area contributed by atoms with Crippen molar-refractivity contribution in [1.29, 1.82) is 0 Å². The molecule has 0 aromatic carbocycles. The van der Waals surface area contributed by atoms with Crippen molar-refractivity contribution in [2.24, 2.45) is 0 Å². The number of carbonyl (C=O) groups excluding carboxylic acids is 3. The summed E-state index contributed by atoms with van der Waals surface area (Å²) in [6.07, 6.45) is 3.33. The summed E-state index contributed by atoms with van der Waals surface area (Å²) < 4.78 is 4.73. The minimum atomic E-state index is -0.498. The molecule has 22 heavy (non-hydrogen) atoms. The lowest BCUT2D eigenvalue weighted by atomic mass is 10.2. The van der Waals surface area contributed by atoms with Gasteiger partial charge in [0, 0.05) is 18.0 Å². The maximum atomic E-state index is 11.9. The Morgan fingerprint density at radius 3 is 3.05 bits per heavy atom. The summed E-state index contributed by atoms with van der Waals surface area (Å²) in [5.41, 5.74) is 0.872. The first-order chi connectivity index (χ1) is 10.6. The average molecular weight is 323 g/mol. The number of aromatic nitrogens is 1. The van der Waals surface area contributed by atoms with Crippen molar-refractivity contribution in [3.8, 4) is 0 Å². The van der Waals surface area contributed by atoms with E-state index in [4.69, 9.17) is 4.74 Å². The Kier molecular flexibility index (Phi) is 5.76. The molecular weight excluding hydrogens is 306 g/mol. The Bertz CT molecular complexity index is 552. The lowest BCUT2D eigenvalue weighted by molar-refractivity contribution is -0.143. The number of pyridine rings is 1. The summed E-state index contributed by atoms with van der Waals surface area (Å²) in [6.45, 7) is 1.67. The number of carbonyl (C=O) groups is 3. The summed E-state index contributed by atoms with van der Waals surface area (Å²) in [6, 6.07) is 3.66. The number of rotatable bonds is 6. The number of hydrogen-bond acceptors (Lipinski definition) is 6. The molecule has 0 bridgehead atoms. The zero-order valence-corrected chi connectivity index (χ0v) is 13.0. The standard InChI is InChI=1S/C14H17N3O4S/c1-2-21-13(20)7-16-11(18)8-17-12(19)9-22-14(17)10-4-3-5-15-6-10/h3-6,14H,2,7-9H2,1H3,(H,16,18). The van der Waals surface area contributed by atoms with E-state index >= 15 is 0 Å². The zero-order valence-electron chi connectivity index (χ0n) is 12.2. The molecule has 0 spiro atoms. The summed E-state index contributed by atoms with van der Waals surface area (Å²) in [5, 5.41) is 2.23. The highest BCUT2D eigenvalue weighted by Crippen LogP contribution is 2.37. The van der Waals surface area contributed by atoms with Crippen molar-refractivity contribution in [3.63, 3.8) is 0 Å². The Hall–Kier alpha value is -2.09. The summed E-state index contributed by atoms with van der Waals surface area (Å²) in [5.74, 6) is -0.672. The number of thioether (sulfide) groups is 1. The molecular formula is C14H17N3O4S. The van der Waals surface area contributed by atoms with Crippen molar-refractivity contribution in [1.82, 2.24) is 15.2 Å². The topological polar surface area (TPSA) is 88.6 Å². The second kappa shape index (κ2) is 7.79. The molecule has 1 saturated heterocycles. The van der Waals surface area contributed by atoms with E-state index in [1.54, 1.807) is 25.4 Å². The van der Waals surface area contributed by atoms with E-state index < -0.39 is 11.9 Å². The molecule has 118 valence electrons. The van der Waals surface area contributed by atoms with Gasteiger partial charge in [0.25, 0.3) is 0 Å². The summed E-state index contributed by atoms with van der Waals surface area (Å²) in [4.78, 5) is 40.6. The number of amides is 2. The molecule has 0 saturated carbocycles. The molecule has 0 radical (unpaired) electrons. The van der Waals surface area contributed by atoms with Crippen LogP contribution in [0.1, 0.15) is 17.9 Å². The molecule has 2 heterocycles. The van der Waals surface area contributed by atoms with E-state index in [0.29, 0.717) is 5.75 Å². The van der Waals surface area contributed by atoms with Gasteiger partial charge in [-0.1, -0.05) is 6.07 Å². The van der Waals surface area contributed by atoms with Crippen LogP contribution in [0.25, 0.3) is 0 Å². The second-order valence-corrected chi connectivity index (χ2v) is 5.62. The highest BCUT2D eigenvalue weighted by atomic mass is 32.2. The Morgan fingerprint density at radius 2 is 2.36 bits per heavy atom. The van der Waals surface area contributed by atoms with Gasteiger partial charge in [-0.05, 0) is 13.0 Å². The van der Waals surface area contributed by atoms with Gasteiger partial charge in [0.2, 0.25) is 11.8 Å². The Labute approximate surface area is 132 Å². The van der Waals surface area contributed by atoms with E-state index in [9.17, 15) is 14.4 Å². The van der Waals surface area contributed by atoms with Gasteiger partial charge in [0.15, 0.2) is 0 Å². The van der Waals surface area contributed by atoms with Crippen LogP contribution in [0.15, 0.2) is 24.5 Å². The molecule has 8 heteroatoms. The predicted molar refractivity (Wildman–Crippen MR) is 80.8 cm³/mol. The van der Waals surface area contributed by atoms with Gasteiger partial charge in [0.05, 0.1) is 12.4 Å². The number of esters is 1. The van der Waals surface area contributed by atoms with Gasteiger partial charge in [-0.2, -0.15) is 0 Å². The van der Waals surface area contributed by atoms with Crippen LogP contribution < -0.4 is 5.32 Å². The fraction of sp³-hybridized carbons (Fsp3) is 0.429. The van der Waals surface area contributed by atoms with E-state index in [1.807, 2.05) is 6.07 Å². The molecule has 2 amide bonds. The van der Waals surface area contributed by atoms with Crippen molar-refractivity contribution in [2.75, 3.05) is 25.4 Å². The summed E-state index contributed by atoms with van der Waals surface area (Å²) in [7, 11) is 0. The number of ether oxygens (including phenoxy) is 1. The van der Waals surface area contributed by atoms with E-state index in [2.05, 4.69) is 10.3 Å². The molecule has 1 unspecified atom stereocenters. The molecule has 1 aromatic rings. The van der Waals surface area contributed by atoms with Crippen molar-refractivity contribution in [3.05, 3.63) is 30.1 Å². The Morgan fingerprint density at radius 1 is 1.55 bits per heavy atom. The van der Waals surface area contributed by atoms with Gasteiger partial charge in [-0.3, -0.25) is 19.4 Å². The van der Waals surface area contributed by atoms with Gasteiger partial charge >= 0.3 is 5.97 Å². The lowest BCUT2D eigenvalue weighted by Gasteiger charge is -2.23. The molecule has 0 aliphatic carbocycles. The van der Waals surface area contributed by atoms with Crippen LogP contribution in [0.3, 0.4) is 0 Å². The van der Waals surface area contributed by atoms with Crippen LogP contribution >= 0.6 is 11.8 Å². The quantitative estimate of drug-likeness (QED) is 0.759. The van der Waals surface area contributed by atoms with E-state index in [-0.39, 0.29) is 31.0 Å². The van der Waals surface area contributed by atoms with Crippen molar-refractivity contribution < 1.29 is 19.1 Å². The molecule has 2 rings (SSSR count). The number of nitrogens with zero attached hydrogens (tertiary/aromatic N) is 2. The van der Waals surface area contributed by atoms with Crippen molar-refractivity contribution >= 4 is 29.5 Å². The minimum absolute atomic E-state index is 0.0925. The van der Waals surface area contributed by atoms with E-state index in [0.717, 1.165) is 5.56 Å². The normalized spacial score (nSPS) is 17.4. The highest BCUT2D eigenvalue weighted by molar-refractivity contribution is 8.00. The SMILES string of the molecule is CCOC(=O)CNC(=O)CN1C(=O)CSC1c1cccnc1. The number of hydrogen-bond donors (Lipinski definition) is 1. The molecule has 1 aliphatic heterocycles. The monoisotopic (exact) mass is 323 g/mol. The Balaban J connectivity index is 1.93. The number of nitrogens with one attached hydrogen (secondary N) is 1. The molecule has 7 nitrogen and oxygen atoms in total. The van der Waals surface area contributed by atoms with Crippen LogP contribution in [-0.2, 0) is 19.1 Å². The van der Waals surface area contributed by atoms with Crippen LogP contribution in [0, 0.1) is 0 Å². The second-order valence-electron chi connectivity index (χ2n) is 4.55. The predicted octanol–water partition coefficient (Wildman–Crippen LogP) is 0.335. The van der Waals surface area contributed by atoms with Crippen LogP contribution in [0.4, 0.5) is 0 Å². The van der Waals surface area contributed by atoms with E-state index in [1.165, 1.54) is 16.7 Å². The van der Waals surface area contributed by atoms with Gasteiger partial charge in [0.1, 0.15) is 18.5 Å². The average Bonchev–Trinajstić information content (AvgIpc) is 2.88. The maximum Gasteiger partial charge on any atom is 0.325 e. The van der Waals surface area contributed by atoms with Crippen LogP contribution in [0.5, 0.6) is 0 Å². The largest absolute Gasteiger partial charge is 0.465 e. The van der Waals surface area contributed by atoms with Crippen molar-refractivity contribution in [2.45, 2.75) is 12.3 Å². The lowest BCUT2D eigenvalue weighted by Crippen LogP contribution is -2.41. The first-order valence-electron chi connectivity index (χ1n) is 6.85.